The Morgan fingerprint density at radius 1 is 0.860 bits per heavy atom. The average molecular weight is 589 g/mol. The molecule has 1 aliphatic rings. The van der Waals surface area contributed by atoms with Gasteiger partial charge in [-0.1, -0.05) is 19.3 Å². The summed E-state index contributed by atoms with van der Waals surface area (Å²) in [7, 11) is 1.80. The lowest BCUT2D eigenvalue weighted by molar-refractivity contribution is 0.101. The van der Waals surface area contributed by atoms with E-state index >= 15 is 0 Å². The lowest BCUT2D eigenvalue weighted by atomic mass is 9.95. The highest BCUT2D eigenvalue weighted by molar-refractivity contribution is 6.04. The summed E-state index contributed by atoms with van der Waals surface area (Å²) in [6, 6.07) is 13.9. The summed E-state index contributed by atoms with van der Waals surface area (Å²) in [4.78, 5) is 35.0. The first-order valence-corrected chi connectivity index (χ1v) is 14.3. The Morgan fingerprint density at radius 2 is 1.44 bits per heavy atom. The molecule has 0 aliphatic heterocycles. The summed E-state index contributed by atoms with van der Waals surface area (Å²) in [5.41, 5.74) is 1.98. The molecular weight excluding hydrogens is 548 g/mol. The number of amides is 2. The molecule has 2 aromatic heterocycles. The van der Waals surface area contributed by atoms with Gasteiger partial charge in [0.25, 0.3) is 11.8 Å². The predicted octanol–water partition coefficient (Wildman–Crippen LogP) is 5.86. The molecule has 0 radical (unpaired) electrons. The topological polar surface area (TPSA) is 152 Å². The van der Waals surface area contributed by atoms with Crippen molar-refractivity contribution < 1.29 is 20.0 Å². The van der Waals surface area contributed by atoms with Crippen LogP contribution in [0.25, 0.3) is 0 Å². The van der Waals surface area contributed by atoms with Gasteiger partial charge < -0.3 is 9.55 Å². The molecule has 0 bridgehead atoms. The molecule has 0 saturated heterocycles. The van der Waals surface area contributed by atoms with Crippen LogP contribution in [-0.4, -0.2) is 53.3 Å². The smallest absolute Gasteiger partial charge is 0.257 e. The van der Waals surface area contributed by atoms with Gasteiger partial charge in [-0.3, -0.25) is 40.8 Å². The van der Waals surface area contributed by atoms with Gasteiger partial charge in [-0.25, -0.2) is 9.97 Å². The number of hydroxylamine groups is 2. The Labute approximate surface area is 251 Å². The number of carbonyl (C=O) groups is 2. The first-order valence-electron chi connectivity index (χ1n) is 14.3. The molecule has 0 atom stereocenters. The van der Waals surface area contributed by atoms with Gasteiger partial charge >= 0.3 is 0 Å². The van der Waals surface area contributed by atoms with Crippen LogP contribution in [0.4, 0.5) is 23.3 Å². The van der Waals surface area contributed by atoms with E-state index in [9.17, 15) is 20.0 Å². The quantitative estimate of drug-likeness (QED) is 0.169. The van der Waals surface area contributed by atoms with Crippen LogP contribution >= 0.6 is 0 Å². The maximum Gasteiger partial charge on any atom is 0.257 e. The second-order valence-corrected chi connectivity index (χ2v) is 11.4. The summed E-state index contributed by atoms with van der Waals surface area (Å²) in [6.45, 7) is 5.69. The standard InChI is InChI=1S/C16H20N4O2.C15H20N4O2/c21-15(19-16-17-10-11-18-16)12-6-8-14(9-7-12)20(22)13-4-2-1-3-5-13;1-15(2,3)19(21)12-7-5-11(6-8-12)13(20)17-14-16-9-10-18(14)4/h6-11,13,22H,1-5H2,(H2,17,18,19,21);5-10,21H,1-4H3,(H,16,17,20). The van der Waals surface area contributed by atoms with E-state index in [4.69, 9.17) is 0 Å². The molecule has 12 nitrogen and oxygen atoms in total. The largest absolute Gasteiger partial charge is 0.331 e. The second-order valence-electron chi connectivity index (χ2n) is 11.4. The molecule has 12 heteroatoms. The third kappa shape index (κ3) is 8.43. The minimum atomic E-state index is -0.406. The Morgan fingerprint density at radius 3 is 1.95 bits per heavy atom. The normalized spacial score (nSPS) is 13.4. The average Bonchev–Trinajstić information content (AvgIpc) is 3.68. The maximum absolute atomic E-state index is 12.1. The number of nitrogens with one attached hydrogen (secondary N) is 3. The van der Waals surface area contributed by atoms with Gasteiger partial charge in [0, 0.05) is 43.0 Å². The molecule has 228 valence electrons. The summed E-state index contributed by atoms with van der Waals surface area (Å²) >= 11 is 0. The fourth-order valence-electron chi connectivity index (χ4n) is 4.62. The van der Waals surface area contributed by atoms with Crippen molar-refractivity contribution in [2.75, 3.05) is 20.8 Å². The number of anilines is 4. The van der Waals surface area contributed by atoms with Gasteiger partial charge in [0.15, 0.2) is 0 Å². The van der Waals surface area contributed by atoms with Crippen LogP contribution in [0.15, 0.2) is 73.3 Å². The Hall–Kier alpha value is -4.68. The van der Waals surface area contributed by atoms with E-state index in [2.05, 4.69) is 25.6 Å². The van der Waals surface area contributed by atoms with Gasteiger partial charge in [-0.2, -0.15) is 0 Å². The van der Waals surface area contributed by atoms with Crippen molar-refractivity contribution in [2.45, 2.75) is 64.5 Å². The summed E-state index contributed by atoms with van der Waals surface area (Å²) < 4.78 is 1.72. The summed E-state index contributed by atoms with van der Waals surface area (Å²) in [6.07, 6.45) is 12.2. The minimum Gasteiger partial charge on any atom is -0.331 e. The monoisotopic (exact) mass is 588 g/mol. The molecule has 1 aliphatic carbocycles. The number of nitrogens with zero attached hydrogens (tertiary/aromatic N) is 5. The van der Waals surface area contributed by atoms with Crippen molar-refractivity contribution in [2.24, 2.45) is 7.05 Å². The van der Waals surface area contributed by atoms with Crippen LogP contribution in [0, 0.1) is 0 Å². The SMILES string of the molecule is Cn1ccnc1NC(=O)c1ccc(N(O)C(C)(C)C)cc1.O=C(Nc1ncc[nH]1)c1ccc(N(O)C2CCCCC2)cc1. The highest BCUT2D eigenvalue weighted by Crippen LogP contribution is 2.26. The fraction of sp³-hybridized carbons (Fsp3) is 0.355. The number of aromatic nitrogens is 4. The number of aryl methyl sites for hydroxylation is 1. The van der Waals surface area contributed by atoms with Crippen LogP contribution in [0.5, 0.6) is 0 Å². The van der Waals surface area contributed by atoms with Crippen LogP contribution in [-0.2, 0) is 7.05 Å². The first-order chi connectivity index (χ1) is 20.5. The minimum absolute atomic E-state index is 0.177. The first kappa shape index (κ1) is 31.3. The van der Waals surface area contributed by atoms with E-state index in [1.807, 2.05) is 20.8 Å². The summed E-state index contributed by atoms with van der Waals surface area (Å²) in [5.74, 6) is 0.433. The van der Waals surface area contributed by atoms with E-state index in [1.54, 1.807) is 84.9 Å². The highest BCUT2D eigenvalue weighted by atomic mass is 16.5. The molecule has 2 amide bonds. The molecule has 2 heterocycles. The molecular formula is C31H40N8O4. The van der Waals surface area contributed by atoms with Crippen molar-refractivity contribution in [1.82, 2.24) is 19.5 Å². The third-order valence-corrected chi connectivity index (χ3v) is 7.10. The Balaban J connectivity index is 0.000000197. The zero-order valence-corrected chi connectivity index (χ0v) is 25.0. The number of hydrogen-bond donors (Lipinski definition) is 5. The molecule has 5 rings (SSSR count). The van der Waals surface area contributed by atoms with Crippen LogP contribution in [0.1, 0.15) is 73.6 Å². The van der Waals surface area contributed by atoms with Crippen LogP contribution < -0.4 is 20.8 Å². The Kier molecular flexibility index (Phi) is 10.2. The van der Waals surface area contributed by atoms with E-state index in [0.29, 0.717) is 28.7 Å². The van der Waals surface area contributed by atoms with E-state index in [-0.39, 0.29) is 17.9 Å². The van der Waals surface area contributed by atoms with E-state index in [0.717, 1.165) is 31.4 Å². The molecule has 2 aromatic carbocycles. The lowest BCUT2D eigenvalue weighted by Gasteiger charge is -2.31. The fourth-order valence-corrected chi connectivity index (χ4v) is 4.62. The third-order valence-electron chi connectivity index (χ3n) is 7.10. The van der Waals surface area contributed by atoms with Crippen molar-refractivity contribution in [1.29, 1.82) is 0 Å². The molecule has 43 heavy (non-hydrogen) atoms. The number of imidazole rings is 2. The zero-order valence-electron chi connectivity index (χ0n) is 25.0. The Bertz CT molecular complexity index is 1450. The van der Waals surface area contributed by atoms with Gasteiger partial charge in [0.05, 0.1) is 23.0 Å². The predicted molar refractivity (Wildman–Crippen MR) is 166 cm³/mol. The molecule has 0 unspecified atom stereocenters. The van der Waals surface area contributed by atoms with Crippen LogP contribution in [0.2, 0.25) is 0 Å². The van der Waals surface area contributed by atoms with E-state index in [1.165, 1.54) is 16.5 Å². The van der Waals surface area contributed by atoms with E-state index < -0.39 is 5.54 Å². The molecule has 4 aromatic rings. The molecule has 1 fully saturated rings. The van der Waals surface area contributed by atoms with Crippen molar-refractivity contribution in [3.8, 4) is 0 Å². The molecule has 0 spiro atoms. The van der Waals surface area contributed by atoms with Gasteiger partial charge in [0.1, 0.15) is 0 Å². The zero-order chi connectivity index (χ0) is 31.0. The highest BCUT2D eigenvalue weighted by Gasteiger charge is 2.21. The van der Waals surface area contributed by atoms with Gasteiger partial charge in [0.2, 0.25) is 11.9 Å². The number of H-pyrrole nitrogens is 1. The van der Waals surface area contributed by atoms with Crippen LogP contribution in [0.3, 0.4) is 0 Å². The number of rotatable bonds is 7. The van der Waals surface area contributed by atoms with Gasteiger partial charge in [-0.05, 0) is 82.1 Å². The number of benzene rings is 2. The van der Waals surface area contributed by atoms with Crippen molar-refractivity contribution >= 4 is 35.1 Å². The lowest BCUT2D eigenvalue weighted by Crippen LogP contribution is -2.38. The maximum atomic E-state index is 12.1. The number of aromatic amines is 1. The van der Waals surface area contributed by atoms with Crippen molar-refractivity contribution in [3.63, 3.8) is 0 Å². The van der Waals surface area contributed by atoms with Crippen molar-refractivity contribution in [3.05, 3.63) is 84.4 Å². The second kappa shape index (κ2) is 14.0. The summed E-state index contributed by atoms with van der Waals surface area (Å²) in [5, 5.41) is 28.3. The number of hydrogen-bond acceptors (Lipinski definition) is 8. The number of carbonyl (C=O) groups excluding carboxylic acids is 2. The van der Waals surface area contributed by atoms with Gasteiger partial charge in [-0.15, -0.1) is 0 Å². The molecule has 1 saturated carbocycles. The molecule has 5 N–H and O–H groups in total.